The number of hydrogen-bond acceptors (Lipinski definition) is 2. The third kappa shape index (κ3) is 21.9. The second-order valence-electron chi connectivity index (χ2n) is 8.69. The monoisotopic (exact) mass is 396 g/mol. The first-order valence-electron chi connectivity index (χ1n) is 12.9. The van der Waals surface area contributed by atoms with Crippen molar-refractivity contribution < 1.29 is 9.53 Å². The fraction of sp³-hybridized carbons (Fsp3) is 0.962. The topological polar surface area (TPSA) is 26.3 Å². The van der Waals surface area contributed by atoms with Crippen molar-refractivity contribution in [2.75, 3.05) is 6.61 Å². The van der Waals surface area contributed by atoms with Crippen molar-refractivity contribution >= 4 is 6.29 Å². The lowest BCUT2D eigenvalue weighted by Gasteiger charge is -2.15. The van der Waals surface area contributed by atoms with Gasteiger partial charge in [-0.2, -0.15) is 0 Å². The van der Waals surface area contributed by atoms with Crippen LogP contribution < -0.4 is 0 Å². The average molecular weight is 397 g/mol. The van der Waals surface area contributed by atoms with Crippen molar-refractivity contribution in [2.24, 2.45) is 0 Å². The average Bonchev–Trinajstić information content (AvgIpc) is 2.70. The number of aldehydes is 1. The molecule has 0 aromatic rings. The van der Waals surface area contributed by atoms with Crippen LogP contribution in [0.2, 0.25) is 0 Å². The van der Waals surface area contributed by atoms with Crippen LogP contribution in [0.15, 0.2) is 0 Å². The Balaban J connectivity index is 3.41. The first kappa shape index (κ1) is 27.6. The van der Waals surface area contributed by atoms with E-state index in [2.05, 4.69) is 13.8 Å². The van der Waals surface area contributed by atoms with Crippen molar-refractivity contribution in [3.8, 4) is 0 Å². The van der Waals surface area contributed by atoms with Gasteiger partial charge in [0.05, 0.1) is 6.10 Å². The molecule has 0 saturated heterocycles. The zero-order valence-electron chi connectivity index (χ0n) is 19.5. The molecule has 0 bridgehead atoms. The minimum Gasteiger partial charge on any atom is -0.378 e. The van der Waals surface area contributed by atoms with Crippen LogP contribution in [0, 0.1) is 0 Å². The lowest BCUT2D eigenvalue weighted by molar-refractivity contribution is -0.110. The largest absolute Gasteiger partial charge is 0.378 e. The Bertz CT molecular complexity index is 290. The van der Waals surface area contributed by atoms with Crippen LogP contribution in [0.5, 0.6) is 0 Å². The van der Waals surface area contributed by atoms with E-state index >= 15 is 0 Å². The third-order valence-corrected chi connectivity index (χ3v) is 5.84. The first-order chi connectivity index (χ1) is 13.8. The molecule has 0 aromatic heterocycles. The molecule has 0 amide bonds. The summed E-state index contributed by atoms with van der Waals surface area (Å²) in [6, 6.07) is 0. The number of ether oxygens (including phenoxy) is 1. The lowest BCUT2D eigenvalue weighted by atomic mass is 10.0. The van der Waals surface area contributed by atoms with Crippen LogP contribution in [0.25, 0.3) is 0 Å². The van der Waals surface area contributed by atoms with Crippen molar-refractivity contribution in [3.63, 3.8) is 0 Å². The van der Waals surface area contributed by atoms with E-state index in [1.807, 2.05) is 0 Å². The van der Waals surface area contributed by atoms with Crippen LogP contribution >= 0.6 is 0 Å². The minimum atomic E-state index is 0.167. The maximum Gasteiger partial charge on any atom is 0.122 e. The third-order valence-electron chi connectivity index (χ3n) is 5.84. The second-order valence-corrected chi connectivity index (χ2v) is 8.69. The van der Waals surface area contributed by atoms with Crippen molar-refractivity contribution in [2.45, 2.75) is 155 Å². The van der Waals surface area contributed by atoms with Crippen LogP contribution in [-0.2, 0) is 9.53 Å². The predicted octanol–water partition coefficient (Wildman–Crippen LogP) is 8.80. The second kappa shape index (κ2) is 24.7. The molecule has 2 heteroatoms. The summed E-state index contributed by atoms with van der Waals surface area (Å²) in [7, 11) is 0. The highest BCUT2D eigenvalue weighted by molar-refractivity contribution is 5.50. The molecule has 0 aliphatic heterocycles. The van der Waals surface area contributed by atoms with Gasteiger partial charge in [-0.1, -0.05) is 129 Å². The van der Waals surface area contributed by atoms with Gasteiger partial charge in [0.1, 0.15) is 6.29 Å². The van der Waals surface area contributed by atoms with Crippen molar-refractivity contribution in [3.05, 3.63) is 0 Å². The summed E-state index contributed by atoms with van der Waals surface area (Å²) < 4.78 is 6.00. The van der Waals surface area contributed by atoms with Crippen LogP contribution in [0.3, 0.4) is 0 Å². The highest BCUT2D eigenvalue weighted by Gasteiger charge is 2.08. The van der Waals surface area contributed by atoms with E-state index in [1.54, 1.807) is 0 Å². The predicted molar refractivity (Wildman–Crippen MR) is 124 cm³/mol. The standard InChI is InChI=1S/C26H52O2/c1-3-5-7-9-11-13-15-17-19-21-25-28-26(23-24-27)22-20-18-16-14-12-10-8-6-4-2/h24,26H,3-23,25H2,1-2H3/t26-/m1/s1. The summed E-state index contributed by atoms with van der Waals surface area (Å²) in [6.07, 6.45) is 28.6. The van der Waals surface area contributed by atoms with Gasteiger partial charge in [-0.25, -0.2) is 0 Å². The summed E-state index contributed by atoms with van der Waals surface area (Å²) in [5, 5.41) is 0. The van der Waals surface area contributed by atoms with Crippen LogP contribution in [0.4, 0.5) is 0 Å². The van der Waals surface area contributed by atoms with E-state index in [0.717, 1.165) is 25.7 Å². The molecule has 0 aromatic carbocycles. The molecule has 1 atom stereocenters. The smallest absolute Gasteiger partial charge is 0.122 e. The number of rotatable bonds is 24. The highest BCUT2D eigenvalue weighted by atomic mass is 16.5. The Morgan fingerprint density at radius 3 is 1.39 bits per heavy atom. The highest BCUT2D eigenvalue weighted by Crippen LogP contribution is 2.15. The van der Waals surface area contributed by atoms with Gasteiger partial charge in [-0.15, -0.1) is 0 Å². The van der Waals surface area contributed by atoms with E-state index in [4.69, 9.17) is 4.74 Å². The minimum absolute atomic E-state index is 0.167. The van der Waals surface area contributed by atoms with Gasteiger partial charge in [0, 0.05) is 13.0 Å². The lowest BCUT2D eigenvalue weighted by Crippen LogP contribution is -2.14. The molecule has 28 heavy (non-hydrogen) atoms. The number of unbranched alkanes of at least 4 members (excludes halogenated alkanes) is 17. The molecule has 2 nitrogen and oxygen atoms in total. The summed E-state index contributed by atoms with van der Waals surface area (Å²) in [5.74, 6) is 0. The fourth-order valence-electron chi connectivity index (χ4n) is 3.90. The number of hydrogen-bond donors (Lipinski definition) is 0. The molecular formula is C26H52O2. The summed E-state index contributed by atoms with van der Waals surface area (Å²) in [4.78, 5) is 10.9. The van der Waals surface area contributed by atoms with E-state index in [0.29, 0.717) is 6.42 Å². The summed E-state index contributed by atoms with van der Waals surface area (Å²) in [5.41, 5.74) is 0. The van der Waals surface area contributed by atoms with Gasteiger partial charge in [0.2, 0.25) is 0 Å². The summed E-state index contributed by atoms with van der Waals surface area (Å²) >= 11 is 0. The molecule has 0 spiro atoms. The molecule has 0 aliphatic carbocycles. The van der Waals surface area contributed by atoms with E-state index < -0.39 is 0 Å². The molecule has 0 fully saturated rings. The van der Waals surface area contributed by atoms with E-state index in [9.17, 15) is 4.79 Å². The van der Waals surface area contributed by atoms with Gasteiger partial charge in [0.15, 0.2) is 0 Å². The van der Waals surface area contributed by atoms with E-state index in [-0.39, 0.29) is 6.10 Å². The first-order valence-corrected chi connectivity index (χ1v) is 12.9. The Hall–Kier alpha value is -0.370. The maximum atomic E-state index is 10.9. The van der Waals surface area contributed by atoms with Gasteiger partial charge in [-0.3, -0.25) is 0 Å². The quantitative estimate of drug-likeness (QED) is 0.120. The van der Waals surface area contributed by atoms with Gasteiger partial charge < -0.3 is 9.53 Å². The molecular weight excluding hydrogens is 344 g/mol. The maximum absolute atomic E-state index is 10.9. The Kier molecular flexibility index (Phi) is 24.3. The Labute approximate surface area is 177 Å². The Morgan fingerprint density at radius 2 is 0.964 bits per heavy atom. The zero-order chi connectivity index (χ0) is 20.5. The molecule has 0 N–H and O–H groups in total. The molecule has 0 aliphatic rings. The van der Waals surface area contributed by atoms with Crippen molar-refractivity contribution in [1.29, 1.82) is 0 Å². The molecule has 168 valence electrons. The van der Waals surface area contributed by atoms with Crippen LogP contribution in [0.1, 0.15) is 149 Å². The zero-order valence-corrected chi connectivity index (χ0v) is 19.5. The van der Waals surface area contributed by atoms with Gasteiger partial charge in [0.25, 0.3) is 0 Å². The van der Waals surface area contributed by atoms with Crippen molar-refractivity contribution in [1.82, 2.24) is 0 Å². The molecule has 0 radical (unpaired) electrons. The molecule has 0 unspecified atom stereocenters. The molecule has 0 rings (SSSR count). The van der Waals surface area contributed by atoms with E-state index in [1.165, 1.54) is 116 Å². The van der Waals surface area contributed by atoms with Gasteiger partial charge >= 0.3 is 0 Å². The summed E-state index contributed by atoms with van der Waals surface area (Å²) in [6.45, 7) is 5.39. The molecule has 0 heterocycles. The number of carbonyl (C=O) groups excluding carboxylic acids is 1. The van der Waals surface area contributed by atoms with Crippen LogP contribution in [-0.4, -0.2) is 19.0 Å². The SMILES string of the molecule is CCCCCCCCCCCCO[C@@H](CC=O)CCCCCCCCCCC. The van der Waals surface area contributed by atoms with Gasteiger partial charge in [-0.05, 0) is 12.8 Å². The molecule has 0 saturated carbocycles. The Morgan fingerprint density at radius 1 is 0.571 bits per heavy atom. The number of carbonyl (C=O) groups is 1. The normalized spacial score (nSPS) is 12.4. The fourth-order valence-corrected chi connectivity index (χ4v) is 3.90.